The van der Waals surface area contributed by atoms with Crippen molar-refractivity contribution in [2.24, 2.45) is 4.99 Å². The Labute approximate surface area is 177 Å². The van der Waals surface area contributed by atoms with Gasteiger partial charge < -0.3 is 15.5 Å². The van der Waals surface area contributed by atoms with Gasteiger partial charge in [0.05, 0.1) is 0 Å². The van der Waals surface area contributed by atoms with Crippen LogP contribution in [0, 0.1) is 0 Å². The number of guanidine groups is 1. The lowest BCUT2D eigenvalue weighted by atomic mass is 9.97. The van der Waals surface area contributed by atoms with Gasteiger partial charge in [0.25, 0.3) is 0 Å². The molecule has 2 aliphatic rings. The number of nitrogens with one attached hydrogen (secondary N) is 2. The van der Waals surface area contributed by atoms with Crippen molar-refractivity contribution in [3.05, 3.63) is 35.9 Å². The molecule has 2 N–H and O–H groups in total. The summed E-state index contributed by atoms with van der Waals surface area (Å²) in [6, 6.07) is 11.9. The van der Waals surface area contributed by atoms with Crippen LogP contribution >= 0.6 is 0 Å². The highest BCUT2D eigenvalue weighted by molar-refractivity contribution is 5.79. The first-order valence-corrected chi connectivity index (χ1v) is 11.4. The molecule has 0 spiro atoms. The quantitative estimate of drug-likeness (QED) is 0.540. The summed E-state index contributed by atoms with van der Waals surface area (Å²) in [6.07, 6.45) is 2.32. The molecule has 0 aromatic heterocycles. The van der Waals surface area contributed by atoms with Crippen molar-refractivity contribution in [3.63, 3.8) is 0 Å². The average molecular weight is 401 g/mol. The first-order chi connectivity index (χ1) is 14.2. The molecule has 2 fully saturated rings. The fourth-order valence-corrected chi connectivity index (χ4v) is 4.45. The lowest BCUT2D eigenvalue weighted by molar-refractivity contribution is 0.133. The van der Waals surface area contributed by atoms with Crippen LogP contribution in [0.3, 0.4) is 0 Å². The third-order valence-electron chi connectivity index (χ3n) is 6.44. The van der Waals surface area contributed by atoms with Gasteiger partial charge in [-0.25, -0.2) is 0 Å². The smallest absolute Gasteiger partial charge is 0.191 e. The molecule has 0 saturated carbocycles. The Morgan fingerprint density at radius 2 is 1.79 bits per heavy atom. The molecule has 0 aliphatic carbocycles. The minimum absolute atomic E-state index is 0.497. The van der Waals surface area contributed by atoms with Crippen molar-refractivity contribution in [1.29, 1.82) is 0 Å². The highest BCUT2D eigenvalue weighted by Gasteiger charge is 2.26. The second-order valence-corrected chi connectivity index (χ2v) is 8.45. The van der Waals surface area contributed by atoms with Crippen molar-refractivity contribution in [2.75, 3.05) is 59.4 Å². The molecule has 2 unspecified atom stereocenters. The van der Waals surface area contributed by atoms with Gasteiger partial charge >= 0.3 is 0 Å². The van der Waals surface area contributed by atoms with Gasteiger partial charge in [0, 0.05) is 71.5 Å². The number of rotatable bonds is 7. The van der Waals surface area contributed by atoms with E-state index in [2.05, 4.69) is 74.5 Å². The Bertz CT molecular complexity index is 611. The van der Waals surface area contributed by atoms with E-state index in [1.807, 2.05) is 7.05 Å². The van der Waals surface area contributed by atoms with Gasteiger partial charge in [-0.05, 0) is 31.9 Å². The number of piperidine rings is 1. The third kappa shape index (κ3) is 6.98. The molecular weight excluding hydrogens is 360 g/mol. The topological polar surface area (TPSA) is 46.1 Å². The molecule has 2 atom stereocenters. The van der Waals surface area contributed by atoms with Crippen LogP contribution in [0.15, 0.2) is 35.3 Å². The first kappa shape index (κ1) is 22.1. The Kier molecular flexibility index (Phi) is 8.77. The van der Waals surface area contributed by atoms with Crippen LogP contribution in [0.1, 0.15) is 32.3 Å². The van der Waals surface area contributed by atoms with Crippen molar-refractivity contribution in [3.8, 4) is 0 Å². The van der Waals surface area contributed by atoms with E-state index in [1.54, 1.807) is 0 Å². The maximum absolute atomic E-state index is 4.46. The number of benzene rings is 1. The van der Waals surface area contributed by atoms with Crippen molar-refractivity contribution >= 4 is 5.96 Å². The van der Waals surface area contributed by atoms with E-state index in [0.717, 1.165) is 45.0 Å². The van der Waals surface area contributed by atoms with E-state index in [9.17, 15) is 0 Å². The van der Waals surface area contributed by atoms with E-state index in [4.69, 9.17) is 0 Å². The summed E-state index contributed by atoms with van der Waals surface area (Å²) in [5.74, 6) is 0.950. The highest BCUT2D eigenvalue weighted by atomic mass is 15.3. The molecule has 0 amide bonds. The van der Waals surface area contributed by atoms with Crippen LogP contribution in [0.25, 0.3) is 0 Å². The molecule has 6 nitrogen and oxygen atoms in total. The number of likely N-dealkylation sites (tertiary alicyclic amines) is 1. The maximum Gasteiger partial charge on any atom is 0.191 e. The van der Waals surface area contributed by atoms with Crippen LogP contribution in [0.5, 0.6) is 0 Å². The molecule has 2 aliphatic heterocycles. The lowest BCUT2D eigenvalue weighted by Gasteiger charge is -2.38. The van der Waals surface area contributed by atoms with Crippen molar-refractivity contribution in [1.82, 2.24) is 25.3 Å². The molecule has 1 aromatic carbocycles. The van der Waals surface area contributed by atoms with E-state index in [1.165, 1.54) is 38.3 Å². The Hall–Kier alpha value is -1.63. The molecule has 1 aromatic rings. The molecule has 2 saturated heterocycles. The number of hydrogen-bond donors (Lipinski definition) is 2. The Morgan fingerprint density at radius 1 is 1.07 bits per heavy atom. The SMILES string of the molecule is CCN1CCN(CCNC(=NC)NC2CCN(Cc3ccccc3)C(C)C2)CC1. The van der Waals surface area contributed by atoms with Crippen molar-refractivity contribution in [2.45, 2.75) is 45.3 Å². The molecule has 0 bridgehead atoms. The first-order valence-electron chi connectivity index (χ1n) is 11.4. The summed E-state index contributed by atoms with van der Waals surface area (Å²) in [7, 11) is 1.88. The van der Waals surface area contributed by atoms with Gasteiger partial charge in [0.2, 0.25) is 0 Å². The van der Waals surface area contributed by atoms with E-state index in [0.29, 0.717) is 12.1 Å². The predicted octanol–water partition coefficient (Wildman–Crippen LogP) is 1.84. The lowest BCUT2D eigenvalue weighted by Crippen LogP contribution is -2.52. The standard InChI is InChI=1S/C23H40N6/c1-4-27-14-16-28(17-15-27)13-11-25-23(24-3)26-22-10-12-29(20(2)18-22)19-21-8-6-5-7-9-21/h5-9,20,22H,4,10-19H2,1-3H3,(H2,24,25,26). The Balaban J connectivity index is 1.36. The van der Waals surface area contributed by atoms with Crippen LogP contribution in [0.2, 0.25) is 0 Å². The number of nitrogens with zero attached hydrogens (tertiary/aromatic N) is 4. The zero-order valence-corrected chi connectivity index (χ0v) is 18.6. The molecule has 3 rings (SSSR count). The summed E-state index contributed by atoms with van der Waals surface area (Å²) < 4.78 is 0. The number of piperazine rings is 1. The second-order valence-electron chi connectivity index (χ2n) is 8.45. The van der Waals surface area contributed by atoms with Crippen molar-refractivity contribution < 1.29 is 0 Å². The fourth-order valence-electron chi connectivity index (χ4n) is 4.45. The molecule has 6 heteroatoms. The number of hydrogen-bond acceptors (Lipinski definition) is 4. The summed E-state index contributed by atoms with van der Waals surface area (Å²) in [4.78, 5) is 12.1. The average Bonchev–Trinajstić information content (AvgIpc) is 2.76. The summed E-state index contributed by atoms with van der Waals surface area (Å²) in [5.41, 5.74) is 1.41. The zero-order valence-electron chi connectivity index (χ0n) is 18.6. The maximum atomic E-state index is 4.46. The van der Waals surface area contributed by atoms with Crippen LogP contribution in [-0.2, 0) is 6.54 Å². The zero-order chi connectivity index (χ0) is 20.5. The van der Waals surface area contributed by atoms with Gasteiger partial charge in [0.1, 0.15) is 0 Å². The Morgan fingerprint density at radius 3 is 2.45 bits per heavy atom. The molecule has 29 heavy (non-hydrogen) atoms. The predicted molar refractivity (Wildman–Crippen MR) is 122 cm³/mol. The van der Waals surface area contributed by atoms with Gasteiger partial charge in [-0.2, -0.15) is 0 Å². The number of aliphatic imine (C=N–C) groups is 1. The molecule has 0 radical (unpaired) electrons. The van der Waals surface area contributed by atoms with Crippen LogP contribution < -0.4 is 10.6 Å². The van der Waals surface area contributed by atoms with E-state index < -0.39 is 0 Å². The third-order valence-corrected chi connectivity index (χ3v) is 6.44. The van der Waals surface area contributed by atoms with Gasteiger partial charge in [-0.15, -0.1) is 0 Å². The van der Waals surface area contributed by atoms with E-state index in [-0.39, 0.29) is 0 Å². The monoisotopic (exact) mass is 400 g/mol. The van der Waals surface area contributed by atoms with Gasteiger partial charge in [-0.1, -0.05) is 37.3 Å². The van der Waals surface area contributed by atoms with Gasteiger partial charge in [-0.3, -0.25) is 14.8 Å². The molecule has 162 valence electrons. The van der Waals surface area contributed by atoms with Crippen LogP contribution in [0.4, 0.5) is 0 Å². The second kappa shape index (κ2) is 11.5. The molecular formula is C23H40N6. The van der Waals surface area contributed by atoms with E-state index >= 15 is 0 Å². The van der Waals surface area contributed by atoms with Crippen LogP contribution in [-0.4, -0.2) is 92.1 Å². The fraction of sp³-hybridized carbons (Fsp3) is 0.696. The minimum atomic E-state index is 0.497. The highest BCUT2D eigenvalue weighted by Crippen LogP contribution is 2.19. The normalized spacial score (nSPS) is 25.1. The van der Waals surface area contributed by atoms with Gasteiger partial charge in [0.15, 0.2) is 5.96 Å². The number of likely N-dealkylation sites (N-methyl/N-ethyl adjacent to an activating group) is 1. The summed E-state index contributed by atoms with van der Waals surface area (Å²) in [6.45, 7) is 14.7. The minimum Gasteiger partial charge on any atom is -0.355 e. The summed E-state index contributed by atoms with van der Waals surface area (Å²) >= 11 is 0. The molecule has 2 heterocycles. The summed E-state index contributed by atoms with van der Waals surface area (Å²) in [5, 5.41) is 7.18. The largest absolute Gasteiger partial charge is 0.355 e.